The standard InChI is InChI=1S/C14H16N2O2/c1-8(2)7-11-15-10-6-4-5-9(3)12(10)13(16-11)14(17)18/h4-6,8H,7H2,1-3H3,(H,17,18). The maximum absolute atomic E-state index is 11.3. The number of carbonyl (C=O) groups is 1. The molecule has 0 saturated heterocycles. The number of rotatable bonds is 3. The van der Waals surface area contributed by atoms with Crippen LogP contribution in [-0.4, -0.2) is 21.0 Å². The van der Waals surface area contributed by atoms with Gasteiger partial charge in [0, 0.05) is 11.8 Å². The van der Waals surface area contributed by atoms with E-state index in [4.69, 9.17) is 0 Å². The van der Waals surface area contributed by atoms with E-state index in [0.717, 1.165) is 5.56 Å². The van der Waals surface area contributed by atoms with Crippen molar-refractivity contribution in [3.8, 4) is 0 Å². The highest BCUT2D eigenvalue weighted by atomic mass is 16.4. The molecule has 0 amide bonds. The number of carboxylic acid groups (broad SMARTS) is 1. The molecule has 1 aromatic heterocycles. The van der Waals surface area contributed by atoms with Gasteiger partial charge in [0.2, 0.25) is 0 Å². The number of benzene rings is 1. The third-order valence-electron chi connectivity index (χ3n) is 2.77. The van der Waals surface area contributed by atoms with E-state index < -0.39 is 5.97 Å². The van der Waals surface area contributed by atoms with Crippen LogP contribution in [-0.2, 0) is 6.42 Å². The van der Waals surface area contributed by atoms with Gasteiger partial charge in [-0.05, 0) is 24.5 Å². The first-order valence-electron chi connectivity index (χ1n) is 5.98. The predicted octanol–water partition coefficient (Wildman–Crippen LogP) is 2.83. The fraction of sp³-hybridized carbons (Fsp3) is 0.357. The van der Waals surface area contributed by atoms with Crippen molar-refractivity contribution in [3.05, 3.63) is 35.3 Å². The smallest absolute Gasteiger partial charge is 0.355 e. The third-order valence-corrected chi connectivity index (χ3v) is 2.77. The molecule has 4 heteroatoms. The van der Waals surface area contributed by atoms with Gasteiger partial charge in [-0.2, -0.15) is 0 Å². The molecule has 2 aromatic rings. The van der Waals surface area contributed by atoms with Gasteiger partial charge in [-0.1, -0.05) is 26.0 Å². The Balaban J connectivity index is 2.71. The summed E-state index contributed by atoms with van der Waals surface area (Å²) >= 11 is 0. The van der Waals surface area contributed by atoms with E-state index in [1.54, 1.807) is 0 Å². The van der Waals surface area contributed by atoms with Gasteiger partial charge >= 0.3 is 5.97 Å². The molecule has 0 radical (unpaired) electrons. The van der Waals surface area contributed by atoms with Crippen molar-refractivity contribution in [2.45, 2.75) is 27.2 Å². The molecule has 0 aliphatic carbocycles. The number of aromatic carboxylic acids is 1. The number of hydrogen-bond donors (Lipinski definition) is 1. The van der Waals surface area contributed by atoms with Crippen LogP contribution in [0.5, 0.6) is 0 Å². The van der Waals surface area contributed by atoms with Gasteiger partial charge in [0.15, 0.2) is 5.69 Å². The van der Waals surface area contributed by atoms with Gasteiger partial charge in [0.25, 0.3) is 0 Å². The van der Waals surface area contributed by atoms with Crippen molar-refractivity contribution in [2.75, 3.05) is 0 Å². The van der Waals surface area contributed by atoms with Crippen LogP contribution in [0.15, 0.2) is 18.2 Å². The van der Waals surface area contributed by atoms with Crippen LogP contribution < -0.4 is 0 Å². The second-order valence-electron chi connectivity index (χ2n) is 4.86. The fourth-order valence-electron chi connectivity index (χ4n) is 2.01. The van der Waals surface area contributed by atoms with Crippen molar-refractivity contribution in [3.63, 3.8) is 0 Å². The molecule has 0 aliphatic rings. The van der Waals surface area contributed by atoms with Crippen molar-refractivity contribution >= 4 is 16.9 Å². The van der Waals surface area contributed by atoms with Crippen LogP contribution in [0.25, 0.3) is 10.9 Å². The average Bonchev–Trinajstić information content (AvgIpc) is 2.27. The second-order valence-corrected chi connectivity index (χ2v) is 4.86. The first-order chi connectivity index (χ1) is 8.49. The van der Waals surface area contributed by atoms with Crippen molar-refractivity contribution in [1.82, 2.24) is 9.97 Å². The van der Waals surface area contributed by atoms with E-state index in [1.807, 2.05) is 25.1 Å². The van der Waals surface area contributed by atoms with Crippen molar-refractivity contribution in [1.29, 1.82) is 0 Å². The minimum absolute atomic E-state index is 0.105. The quantitative estimate of drug-likeness (QED) is 0.901. The van der Waals surface area contributed by atoms with Gasteiger partial charge in [-0.3, -0.25) is 0 Å². The summed E-state index contributed by atoms with van der Waals surface area (Å²) in [5.41, 5.74) is 1.70. The molecule has 1 heterocycles. The van der Waals surface area contributed by atoms with E-state index in [2.05, 4.69) is 23.8 Å². The van der Waals surface area contributed by atoms with Gasteiger partial charge in [0.1, 0.15) is 5.82 Å². The molecular formula is C14H16N2O2. The molecule has 0 saturated carbocycles. The molecule has 0 spiro atoms. The summed E-state index contributed by atoms with van der Waals surface area (Å²) in [6, 6.07) is 5.59. The summed E-state index contributed by atoms with van der Waals surface area (Å²) in [6.07, 6.45) is 0.685. The van der Waals surface area contributed by atoms with Crippen LogP contribution in [0.2, 0.25) is 0 Å². The lowest BCUT2D eigenvalue weighted by molar-refractivity contribution is 0.0692. The van der Waals surface area contributed by atoms with Crippen LogP contribution >= 0.6 is 0 Å². The van der Waals surface area contributed by atoms with Gasteiger partial charge < -0.3 is 5.11 Å². The molecular weight excluding hydrogens is 228 g/mol. The first-order valence-corrected chi connectivity index (χ1v) is 5.98. The number of fused-ring (bicyclic) bond motifs is 1. The van der Waals surface area contributed by atoms with Crippen LogP contribution in [0, 0.1) is 12.8 Å². The highest BCUT2D eigenvalue weighted by molar-refractivity contribution is 6.01. The number of carboxylic acids is 1. The van der Waals surface area contributed by atoms with Crippen LogP contribution in [0.3, 0.4) is 0 Å². The maximum atomic E-state index is 11.3. The summed E-state index contributed by atoms with van der Waals surface area (Å²) in [4.78, 5) is 20.0. The molecule has 4 nitrogen and oxygen atoms in total. The Morgan fingerprint density at radius 1 is 1.33 bits per heavy atom. The molecule has 0 aliphatic heterocycles. The average molecular weight is 244 g/mol. The Hall–Kier alpha value is -1.97. The van der Waals surface area contributed by atoms with Crippen LogP contribution in [0.4, 0.5) is 0 Å². The van der Waals surface area contributed by atoms with Gasteiger partial charge in [-0.25, -0.2) is 14.8 Å². The van der Waals surface area contributed by atoms with E-state index in [-0.39, 0.29) is 5.69 Å². The minimum Gasteiger partial charge on any atom is -0.476 e. The van der Waals surface area contributed by atoms with Crippen molar-refractivity contribution in [2.24, 2.45) is 5.92 Å². The lowest BCUT2D eigenvalue weighted by atomic mass is 10.1. The largest absolute Gasteiger partial charge is 0.476 e. The summed E-state index contributed by atoms with van der Waals surface area (Å²) in [6.45, 7) is 5.99. The molecule has 94 valence electrons. The number of nitrogens with zero attached hydrogens (tertiary/aromatic N) is 2. The highest BCUT2D eigenvalue weighted by Gasteiger charge is 2.15. The lowest BCUT2D eigenvalue weighted by Crippen LogP contribution is -2.09. The Bertz CT molecular complexity index is 606. The lowest BCUT2D eigenvalue weighted by Gasteiger charge is -2.09. The third kappa shape index (κ3) is 2.32. The molecule has 1 N–H and O–H groups in total. The monoisotopic (exact) mass is 244 g/mol. The van der Waals surface area contributed by atoms with Crippen LogP contribution in [0.1, 0.15) is 35.7 Å². The van der Waals surface area contributed by atoms with E-state index in [0.29, 0.717) is 29.1 Å². The van der Waals surface area contributed by atoms with Crippen molar-refractivity contribution < 1.29 is 9.90 Å². The SMILES string of the molecule is Cc1cccc2nc(CC(C)C)nc(C(=O)O)c12. The molecule has 18 heavy (non-hydrogen) atoms. The molecule has 0 atom stereocenters. The Kier molecular flexibility index (Phi) is 3.28. The zero-order chi connectivity index (χ0) is 13.3. The number of aryl methyl sites for hydroxylation is 1. The van der Waals surface area contributed by atoms with Gasteiger partial charge in [0.05, 0.1) is 5.52 Å². The van der Waals surface area contributed by atoms with E-state index >= 15 is 0 Å². The summed E-state index contributed by atoms with van der Waals surface area (Å²) in [5.74, 6) is -0.00360. The van der Waals surface area contributed by atoms with E-state index in [9.17, 15) is 9.90 Å². The zero-order valence-electron chi connectivity index (χ0n) is 10.8. The molecule has 1 aromatic carbocycles. The Morgan fingerprint density at radius 2 is 2.06 bits per heavy atom. The molecule has 0 unspecified atom stereocenters. The Labute approximate surface area is 106 Å². The summed E-state index contributed by atoms with van der Waals surface area (Å²) < 4.78 is 0. The number of aromatic nitrogens is 2. The normalized spacial score (nSPS) is 11.1. The zero-order valence-corrected chi connectivity index (χ0v) is 10.8. The highest BCUT2D eigenvalue weighted by Crippen LogP contribution is 2.21. The second kappa shape index (κ2) is 4.72. The maximum Gasteiger partial charge on any atom is 0.355 e. The first kappa shape index (κ1) is 12.5. The fourth-order valence-corrected chi connectivity index (χ4v) is 2.01. The molecule has 2 rings (SSSR count). The predicted molar refractivity (Wildman–Crippen MR) is 69.8 cm³/mol. The summed E-state index contributed by atoms with van der Waals surface area (Å²) in [7, 11) is 0. The minimum atomic E-state index is -0.998. The summed E-state index contributed by atoms with van der Waals surface area (Å²) in [5, 5.41) is 9.91. The van der Waals surface area contributed by atoms with Gasteiger partial charge in [-0.15, -0.1) is 0 Å². The topological polar surface area (TPSA) is 63.1 Å². The molecule has 0 bridgehead atoms. The molecule has 0 fully saturated rings. The Morgan fingerprint density at radius 3 is 2.67 bits per heavy atom. The van der Waals surface area contributed by atoms with E-state index in [1.165, 1.54) is 0 Å². The number of hydrogen-bond acceptors (Lipinski definition) is 3.